The lowest BCUT2D eigenvalue weighted by molar-refractivity contribution is 0.102. The van der Waals surface area contributed by atoms with E-state index in [1.165, 1.54) is 36.6 Å². The monoisotopic (exact) mass is 443 g/mol. The molecule has 4 rings (SSSR count). The van der Waals surface area contributed by atoms with Crippen molar-refractivity contribution in [2.24, 2.45) is 0 Å². The largest absolute Gasteiger partial charge is 0.495 e. The molecular weight excluding hydrogens is 422 g/mol. The van der Waals surface area contributed by atoms with E-state index < -0.39 is 10.0 Å². The first-order valence-electron chi connectivity index (χ1n) is 9.42. The van der Waals surface area contributed by atoms with Crippen LogP contribution in [0, 0.1) is 6.92 Å². The van der Waals surface area contributed by atoms with Crippen LogP contribution in [0.1, 0.15) is 28.2 Å². The fourth-order valence-electron chi connectivity index (χ4n) is 2.93. The van der Waals surface area contributed by atoms with Crippen LogP contribution in [0.3, 0.4) is 0 Å². The van der Waals surface area contributed by atoms with Crippen molar-refractivity contribution in [1.82, 2.24) is 9.71 Å². The summed E-state index contributed by atoms with van der Waals surface area (Å²) in [6.07, 6.45) is 1.68. The number of anilines is 1. The van der Waals surface area contributed by atoms with Crippen molar-refractivity contribution >= 4 is 33.0 Å². The number of amides is 1. The molecule has 2 aromatic carbocycles. The van der Waals surface area contributed by atoms with Gasteiger partial charge in [-0.25, -0.2) is 18.1 Å². The van der Waals surface area contributed by atoms with Crippen LogP contribution in [0.5, 0.6) is 5.75 Å². The number of sulfonamides is 1. The summed E-state index contributed by atoms with van der Waals surface area (Å²) in [7, 11) is -2.19. The highest BCUT2D eigenvalue weighted by Gasteiger charge is 2.28. The van der Waals surface area contributed by atoms with Crippen LogP contribution in [0.4, 0.5) is 5.69 Å². The summed E-state index contributed by atoms with van der Waals surface area (Å²) in [5, 5.41) is 3.52. The first-order valence-corrected chi connectivity index (χ1v) is 11.7. The molecule has 0 unspecified atom stereocenters. The Morgan fingerprint density at radius 2 is 1.90 bits per heavy atom. The molecule has 156 valence electrons. The quantitative estimate of drug-likeness (QED) is 0.579. The molecule has 3 aromatic rings. The molecule has 0 spiro atoms. The minimum absolute atomic E-state index is 0.00797. The molecule has 1 aromatic heterocycles. The third-order valence-electron chi connectivity index (χ3n) is 4.65. The Hall–Kier alpha value is -2.75. The minimum Gasteiger partial charge on any atom is -0.495 e. The lowest BCUT2D eigenvalue weighted by Gasteiger charge is -2.12. The van der Waals surface area contributed by atoms with Gasteiger partial charge in [0.25, 0.3) is 5.91 Å². The highest BCUT2D eigenvalue weighted by molar-refractivity contribution is 7.89. The number of rotatable bonds is 7. The SMILES string of the molecule is COc1ccc(S(=O)(=O)NC2CC2)cc1NC(=O)c1sc(-c2ccccc2)nc1C. The summed E-state index contributed by atoms with van der Waals surface area (Å²) in [4.78, 5) is 18.0. The number of nitrogens with one attached hydrogen (secondary N) is 2. The van der Waals surface area contributed by atoms with Crippen molar-refractivity contribution in [3.8, 4) is 16.3 Å². The smallest absolute Gasteiger partial charge is 0.267 e. The van der Waals surface area contributed by atoms with Crippen LogP contribution in [0.25, 0.3) is 10.6 Å². The average molecular weight is 444 g/mol. The molecular formula is C21H21N3O4S2. The topological polar surface area (TPSA) is 97.4 Å². The Morgan fingerprint density at radius 1 is 1.17 bits per heavy atom. The summed E-state index contributed by atoms with van der Waals surface area (Å²) in [6.45, 7) is 1.77. The Morgan fingerprint density at radius 3 is 2.57 bits per heavy atom. The second kappa shape index (κ2) is 8.17. The van der Waals surface area contributed by atoms with Gasteiger partial charge in [0.05, 0.1) is 23.4 Å². The van der Waals surface area contributed by atoms with Crippen molar-refractivity contribution in [3.05, 3.63) is 59.1 Å². The number of hydrogen-bond acceptors (Lipinski definition) is 6. The Labute approximate surface area is 179 Å². The number of hydrogen-bond donors (Lipinski definition) is 2. The number of carbonyl (C=O) groups is 1. The normalized spacial score (nSPS) is 13.8. The van der Waals surface area contributed by atoms with Gasteiger partial charge in [0.15, 0.2) is 0 Å². The van der Waals surface area contributed by atoms with Crippen LogP contribution >= 0.6 is 11.3 Å². The summed E-state index contributed by atoms with van der Waals surface area (Å²) in [5.41, 5.74) is 1.83. The van der Waals surface area contributed by atoms with Crippen molar-refractivity contribution in [1.29, 1.82) is 0 Å². The van der Waals surface area contributed by atoms with Crippen molar-refractivity contribution < 1.29 is 17.9 Å². The summed E-state index contributed by atoms with van der Waals surface area (Å²) < 4.78 is 33.0. The molecule has 1 saturated carbocycles. The van der Waals surface area contributed by atoms with Crippen LogP contribution < -0.4 is 14.8 Å². The zero-order chi connectivity index (χ0) is 21.3. The average Bonchev–Trinajstić information content (AvgIpc) is 3.45. The molecule has 2 N–H and O–H groups in total. The minimum atomic E-state index is -3.65. The maximum Gasteiger partial charge on any atom is 0.267 e. The second-order valence-corrected chi connectivity index (χ2v) is 9.72. The standard InChI is InChI=1S/C21H21N3O4S2/c1-13-19(29-21(22-13)14-6-4-3-5-7-14)20(25)23-17-12-16(10-11-18(17)28-2)30(26,27)24-15-8-9-15/h3-7,10-12,15,24H,8-9H2,1-2H3,(H,23,25). The number of aryl methyl sites for hydroxylation is 1. The molecule has 1 fully saturated rings. The number of nitrogens with zero attached hydrogens (tertiary/aromatic N) is 1. The zero-order valence-electron chi connectivity index (χ0n) is 16.5. The first kappa shape index (κ1) is 20.5. The fraction of sp³-hybridized carbons (Fsp3) is 0.238. The predicted molar refractivity (Wildman–Crippen MR) is 117 cm³/mol. The van der Waals surface area contributed by atoms with Crippen LogP contribution in [0.2, 0.25) is 0 Å². The van der Waals surface area contributed by atoms with E-state index in [0.29, 0.717) is 16.3 Å². The number of ether oxygens (including phenoxy) is 1. The highest BCUT2D eigenvalue weighted by Crippen LogP contribution is 2.32. The molecule has 30 heavy (non-hydrogen) atoms. The van der Waals surface area contributed by atoms with Gasteiger partial charge < -0.3 is 10.1 Å². The van der Waals surface area contributed by atoms with Crippen LogP contribution in [-0.4, -0.2) is 32.5 Å². The Bertz CT molecular complexity index is 1190. The first-order chi connectivity index (χ1) is 14.4. The van der Waals surface area contributed by atoms with Gasteiger partial charge in [-0.05, 0) is 38.0 Å². The fourth-order valence-corrected chi connectivity index (χ4v) is 5.23. The van der Waals surface area contributed by atoms with E-state index in [1.807, 2.05) is 30.3 Å². The Balaban J connectivity index is 1.61. The number of methoxy groups -OCH3 is 1. The molecule has 0 bridgehead atoms. The molecule has 0 atom stereocenters. The van der Waals surface area contributed by atoms with Gasteiger partial charge in [-0.2, -0.15) is 0 Å². The van der Waals surface area contributed by atoms with Crippen molar-refractivity contribution in [3.63, 3.8) is 0 Å². The summed E-state index contributed by atoms with van der Waals surface area (Å²) in [6, 6.07) is 14.0. The van der Waals surface area contributed by atoms with Crippen LogP contribution in [0.15, 0.2) is 53.4 Å². The van der Waals surface area contributed by atoms with Gasteiger partial charge in [-0.3, -0.25) is 4.79 Å². The van der Waals surface area contributed by atoms with Gasteiger partial charge in [-0.1, -0.05) is 30.3 Å². The van der Waals surface area contributed by atoms with E-state index in [1.54, 1.807) is 6.92 Å². The molecule has 1 heterocycles. The van der Waals surface area contributed by atoms with E-state index in [9.17, 15) is 13.2 Å². The molecule has 1 amide bonds. The predicted octanol–water partition coefficient (Wildman–Crippen LogP) is 3.82. The number of benzene rings is 2. The van der Waals surface area contributed by atoms with Gasteiger partial charge in [0.2, 0.25) is 10.0 Å². The maximum atomic E-state index is 12.9. The Kier molecular flexibility index (Phi) is 5.59. The molecule has 9 heteroatoms. The van der Waals surface area contributed by atoms with Gasteiger partial charge in [-0.15, -0.1) is 11.3 Å². The highest BCUT2D eigenvalue weighted by atomic mass is 32.2. The lowest BCUT2D eigenvalue weighted by Crippen LogP contribution is -2.25. The lowest BCUT2D eigenvalue weighted by atomic mass is 10.2. The molecule has 0 saturated heterocycles. The van der Waals surface area contributed by atoms with Crippen molar-refractivity contribution in [2.45, 2.75) is 30.7 Å². The molecule has 0 aliphatic heterocycles. The van der Waals surface area contributed by atoms with E-state index >= 15 is 0 Å². The van der Waals surface area contributed by atoms with Gasteiger partial charge in [0.1, 0.15) is 15.6 Å². The molecule has 1 aliphatic rings. The summed E-state index contributed by atoms with van der Waals surface area (Å²) in [5.74, 6) is 0.00866. The van der Waals surface area contributed by atoms with Crippen LogP contribution in [-0.2, 0) is 10.0 Å². The second-order valence-electron chi connectivity index (χ2n) is 7.01. The van der Waals surface area contributed by atoms with E-state index in [-0.39, 0.29) is 22.5 Å². The van der Waals surface area contributed by atoms with E-state index in [0.717, 1.165) is 23.4 Å². The molecule has 7 nitrogen and oxygen atoms in total. The summed E-state index contributed by atoms with van der Waals surface area (Å²) >= 11 is 1.29. The maximum absolute atomic E-state index is 12.9. The number of aromatic nitrogens is 1. The third kappa shape index (κ3) is 4.38. The number of carbonyl (C=O) groups excluding carboxylic acids is 1. The van der Waals surface area contributed by atoms with Gasteiger partial charge in [0, 0.05) is 11.6 Å². The zero-order valence-corrected chi connectivity index (χ0v) is 18.1. The van der Waals surface area contributed by atoms with Gasteiger partial charge >= 0.3 is 0 Å². The molecule has 0 radical (unpaired) electrons. The van der Waals surface area contributed by atoms with Crippen molar-refractivity contribution in [2.75, 3.05) is 12.4 Å². The number of thiazole rings is 1. The molecule has 1 aliphatic carbocycles. The van der Waals surface area contributed by atoms with E-state index in [2.05, 4.69) is 15.0 Å². The third-order valence-corrected chi connectivity index (χ3v) is 7.38. The van der Waals surface area contributed by atoms with E-state index in [4.69, 9.17) is 4.74 Å².